The van der Waals surface area contributed by atoms with Gasteiger partial charge in [-0.25, -0.2) is 0 Å². The van der Waals surface area contributed by atoms with Crippen molar-refractivity contribution in [2.24, 2.45) is 0 Å². The minimum atomic E-state index is -4.04. The van der Waals surface area contributed by atoms with Crippen molar-refractivity contribution in [3.05, 3.63) is 16.8 Å². The first-order valence-corrected chi connectivity index (χ1v) is 4.27. The van der Waals surface area contributed by atoms with Crippen LogP contribution in [0, 0.1) is 11.4 Å². The molecule has 3 nitrogen and oxygen atoms in total. The Morgan fingerprint density at radius 2 is 2.33 bits per heavy atom. The van der Waals surface area contributed by atoms with Crippen LogP contribution in [0.15, 0.2) is 10.3 Å². The molecule has 0 atom stereocenters. The summed E-state index contributed by atoms with van der Waals surface area (Å²) >= 11 is 1.05. The van der Waals surface area contributed by atoms with Gasteiger partial charge in [-0.2, -0.15) is 8.42 Å². The van der Waals surface area contributed by atoms with E-state index < -0.39 is 10.1 Å². The van der Waals surface area contributed by atoms with Crippen molar-refractivity contribution in [2.45, 2.75) is 4.90 Å². The maximum absolute atomic E-state index is 10.2. The van der Waals surface area contributed by atoms with Crippen molar-refractivity contribution >= 4 is 21.5 Å². The number of hydrogen-bond acceptors (Lipinski definition) is 3. The van der Waals surface area contributed by atoms with Gasteiger partial charge in [0.1, 0.15) is 4.90 Å². The monoisotopic (exact) mass is 162 g/mol. The van der Waals surface area contributed by atoms with Gasteiger partial charge in [-0.15, -0.1) is 11.3 Å². The van der Waals surface area contributed by atoms with Gasteiger partial charge in [-0.1, -0.05) is 0 Å². The Hall–Kier alpha value is -0.390. The summed E-state index contributed by atoms with van der Waals surface area (Å²) in [6.07, 6.45) is 0. The highest BCUT2D eigenvalue weighted by atomic mass is 32.2. The first kappa shape index (κ1) is 6.73. The van der Waals surface area contributed by atoms with Crippen LogP contribution in [-0.2, 0) is 10.1 Å². The van der Waals surface area contributed by atoms with Gasteiger partial charge in [0, 0.05) is 11.4 Å². The van der Waals surface area contributed by atoms with Crippen LogP contribution in [0.5, 0.6) is 0 Å². The Balaban J connectivity index is 3.20. The van der Waals surface area contributed by atoms with Crippen LogP contribution in [0.2, 0.25) is 0 Å². The van der Waals surface area contributed by atoms with E-state index >= 15 is 0 Å². The molecule has 0 bridgehead atoms. The fourth-order valence-electron chi connectivity index (χ4n) is 0.317. The first-order valence-electron chi connectivity index (χ1n) is 1.95. The number of thiophene rings is 1. The summed E-state index contributed by atoms with van der Waals surface area (Å²) in [5.74, 6) is 0. The average Bonchev–Trinajstić information content (AvgIpc) is 2.08. The van der Waals surface area contributed by atoms with E-state index in [0.29, 0.717) is 0 Å². The van der Waals surface area contributed by atoms with Crippen molar-refractivity contribution in [1.29, 1.82) is 0 Å². The lowest BCUT2D eigenvalue weighted by molar-refractivity contribution is 0.483. The SMILES string of the molecule is O=S(=O)(O)c1[c][c]sc1. The lowest BCUT2D eigenvalue weighted by atomic mass is 10.7. The minimum Gasteiger partial charge on any atom is -0.282 e. The van der Waals surface area contributed by atoms with E-state index in [9.17, 15) is 8.42 Å². The molecule has 5 heteroatoms. The smallest absolute Gasteiger partial charge is 0.282 e. The Labute approximate surface area is 56.7 Å². The third-order valence-corrected chi connectivity index (χ3v) is 2.18. The van der Waals surface area contributed by atoms with Crippen molar-refractivity contribution < 1.29 is 13.0 Å². The van der Waals surface area contributed by atoms with Crippen molar-refractivity contribution in [1.82, 2.24) is 0 Å². The van der Waals surface area contributed by atoms with Gasteiger partial charge in [-0.05, 0) is 0 Å². The fraction of sp³-hybridized carbons (Fsp3) is 0. The predicted octanol–water partition coefficient (Wildman–Crippen LogP) is 0.595. The third kappa shape index (κ3) is 1.51. The molecule has 48 valence electrons. The second kappa shape index (κ2) is 2.09. The number of rotatable bonds is 1. The quantitative estimate of drug-likeness (QED) is 0.615. The van der Waals surface area contributed by atoms with Crippen LogP contribution in [-0.4, -0.2) is 13.0 Å². The summed E-state index contributed by atoms with van der Waals surface area (Å²) in [6, 6.07) is 2.23. The van der Waals surface area contributed by atoms with E-state index in [1.807, 2.05) is 0 Å². The topological polar surface area (TPSA) is 54.4 Å². The molecule has 0 aromatic carbocycles. The Kier molecular flexibility index (Phi) is 1.56. The van der Waals surface area contributed by atoms with Crippen molar-refractivity contribution in [3.63, 3.8) is 0 Å². The Bertz CT molecular complexity index is 271. The maximum Gasteiger partial charge on any atom is 0.295 e. The lowest BCUT2D eigenvalue weighted by Crippen LogP contribution is -1.94. The van der Waals surface area contributed by atoms with Crippen LogP contribution in [0.3, 0.4) is 0 Å². The molecule has 0 unspecified atom stereocenters. The zero-order chi connectivity index (χ0) is 6.91. The highest BCUT2D eigenvalue weighted by Crippen LogP contribution is 2.09. The van der Waals surface area contributed by atoms with Gasteiger partial charge in [0.25, 0.3) is 10.1 Å². The van der Waals surface area contributed by atoms with Crippen molar-refractivity contribution in [2.75, 3.05) is 0 Å². The Morgan fingerprint density at radius 1 is 1.67 bits per heavy atom. The predicted molar refractivity (Wildman–Crippen MR) is 31.8 cm³/mol. The second-order valence-electron chi connectivity index (χ2n) is 1.30. The molecule has 0 aliphatic rings. The highest BCUT2D eigenvalue weighted by molar-refractivity contribution is 7.86. The van der Waals surface area contributed by atoms with E-state index in [-0.39, 0.29) is 4.90 Å². The summed E-state index contributed by atoms with van der Waals surface area (Å²) in [4.78, 5) is -0.215. The van der Waals surface area contributed by atoms with E-state index in [2.05, 4.69) is 11.4 Å². The van der Waals surface area contributed by atoms with Gasteiger partial charge in [0.05, 0.1) is 5.38 Å². The molecular weight excluding hydrogens is 160 g/mol. The number of hydrogen-bond donors (Lipinski definition) is 1. The fourth-order valence-corrected chi connectivity index (χ4v) is 1.59. The van der Waals surface area contributed by atoms with Gasteiger partial charge < -0.3 is 0 Å². The molecule has 1 N–H and O–H groups in total. The molecular formula is C4H2O3S2. The molecule has 1 aromatic rings. The molecule has 0 aliphatic carbocycles. The molecule has 9 heavy (non-hydrogen) atoms. The van der Waals surface area contributed by atoms with Crippen LogP contribution in [0.1, 0.15) is 0 Å². The van der Waals surface area contributed by atoms with Crippen LogP contribution < -0.4 is 0 Å². The summed E-state index contributed by atoms with van der Waals surface area (Å²) in [7, 11) is -4.04. The van der Waals surface area contributed by atoms with Gasteiger partial charge in [-0.3, -0.25) is 4.55 Å². The molecule has 0 saturated heterocycles. The van der Waals surface area contributed by atoms with Crippen LogP contribution in [0.4, 0.5) is 0 Å². The van der Waals surface area contributed by atoms with E-state index in [0.717, 1.165) is 11.3 Å². The third-order valence-electron chi connectivity index (χ3n) is 0.677. The molecule has 0 fully saturated rings. The van der Waals surface area contributed by atoms with E-state index in [1.165, 1.54) is 5.38 Å². The highest BCUT2D eigenvalue weighted by Gasteiger charge is 2.08. The van der Waals surface area contributed by atoms with Crippen LogP contribution in [0.25, 0.3) is 0 Å². The maximum atomic E-state index is 10.2. The second-order valence-corrected chi connectivity index (χ2v) is 3.37. The summed E-state index contributed by atoms with van der Waals surface area (Å²) in [5, 5.41) is 3.67. The zero-order valence-electron chi connectivity index (χ0n) is 4.16. The molecule has 2 radical (unpaired) electrons. The molecule has 0 aliphatic heterocycles. The first-order chi connectivity index (χ1) is 4.11. The average molecular weight is 162 g/mol. The van der Waals surface area contributed by atoms with Gasteiger partial charge in [0.15, 0.2) is 0 Å². The van der Waals surface area contributed by atoms with Gasteiger partial charge in [0.2, 0.25) is 0 Å². The summed E-state index contributed by atoms with van der Waals surface area (Å²) in [5.41, 5.74) is 0. The molecule has 0 saturated carbocycles. The lowest BCUT2D eigenvalue weighted by Gasteiger charge is -1.84. The zero-order valence-corrected chi connectivity index (χ0v) is 5.79. The standard InChI is InChI=1S/C4H2O3S2/c5-9(6,7)4-1-2-8-3-4/h3H,(H,5,6,7). The van der Waals surface area contributed by atoms with Crippen LogP contribution >= 0.6 is 11.3 Å². The summed E-state index contributed by atoms with van der Waals surface area (Å²) < 4.78 is 28.7. The molecule has 1 aromatic heterocycles. The molecule has 0 amide bonds. The van der Waals surface area contributed by atoms with Gasteiger partial charge >= 0.3 is 0 Å². The Morgan fingerprint density at radius 3 is 2.56 bits per heavy atom. The summed E-state index contributed by atoms with van der Waals surface area (Å²) in [6.45, 7) is 0. The minimum absolute atomic E-state index is 0.215. The van der Waals surface area contributed by atoms with E-state index in [4.69, 9.17) is 4.55 Å². The molecule has 0 spiro atoms. The molecule has 1 rings (SSSR count). The largest absolute Gasteiger partial charge is 0.295 e. The normalized spacial score (nSPS) is 11.7. The van der Waals surface area contributed by atoms with Crippen molar-refractivity contribution in [3.8, 4) is 0 Å². The van der Waals surface area contributed by atoms with E-state index in [1.54, 1.807) is 0 Å². The molecule has 1 heterocycles.